The van der Waals surface area contributed by atoms with Crippen molar-refractivity contribution in [3.05, 3.63) is 21.4 Å². The molecule has 0 saturated heterocycles. The smallest absolute Gasteiger partial charge is 0.263 e. The molecule has 0 aliphatic heterocycles. The maximum absolute atomic E-state index is 12.3. The molecule has 0 spiro atoms. The van der Waals surface area contributed by atoms with Crippen LogP contribution < -0.4 is 0 Å². The molecule has 1 rings (SSSR count). The molecule has 1 aromatic rings. The van der Waals surface area contributed by atoms with Crippen molar-refractivity contribution in [2.75, 3.05) is 20.2 Å². The van der Waals surface area contributed by atoms with E-state index in [1.807, 2.05) is 13.0 Å². The molecule has 110 valence electrons. The summed E-state index contributed by atoms with van der Waals surface area (Å²) < 4.78 is 0. The second kappa shape index (κ2) is 6.89. The molecular formula is C15H21NO3S. The van der Waals surface area contributed by atoms with Crippen molar-refractivity contribution in [3.8, 4) is 11.8 Å². The van der Waals surface area contributed by atoms with Crippen LogP contribution in [0.1, 0.15) is 40.4 Å². The molecule has 0 aromatic carbocycles. The van der Waals surface area contributed by atoms with Crippen molar-refractivity contribution >= 4 is 17.2 Å². The summed E-state index contributed by atoms with van der Waals surface area (Å²) in [6.45, 7) is 5.56. The van der Waals surface area contributed by atoms with Gasteiger partial charge in [0.2, 0.25) is 0 Å². The SMILES string of the molecule is Cc1cc(C(=O)N(C)CC(C)(C)O)sc1C#CCCO. The third kappa shape index (κ3) is 4.97. The number of hydrogen-bond acceptors (Lipinski definition) is 4. The van der Waals surface area contributed by atoms with Crippen molar-refractivity contribution in [2.24, 2.45) is 0 Å². The van der Waals surface area contributed by atoms with Gasteiger partial charge in [-0.2, -0.15) is 0 Å². The highest BCUT2D eigenvalue weighted by molar-refractivity contribution is 7.14. The monoisotopic (exact) mass is 295 g/mol. The Labute approximate surface area is 124 Å². The van der Waals surface area contributed by atoms with E-state index in [4.69, 9.17) is 5.11 Å². The highest BCUT2D eigenvalue weighted by Gasteiger charge is 2.22. The fourth-order valence-corrected chi connectivity index (χ4v) is 2.79. The van der Waals surface area contributed by atoms with Crippen molar-refractivity contribution < 1.29 is 15.0 Å². The summed E-state index contributed by atoms with van der Waals surface area (Å²) in [4.78, 5) is 15.2. The first-order chi connectivity index (χ1) is 9.24. The minimum absolute atomic E-state index is 0.0392. The average Bonchev–Trinajstić information content (AvgIpc) is 2.68. The standard InChI is InChI=1S/C15H21NO3S/c1-11-9-13(20-12(11)7-5-6-8-17)14(18)16(4)10-15(2,3)19/h9,17,19H,6,8,10H2,1-4H3. The van der Waals surface area contributed by atoms with Gasteiger partial charge in [0.1, 0.15) is 0 Å². The van der Waals surface area contributed by atoms with Gasteiger partial charge in [-0.3, -0.25) is 4.79 Å². The molecule has 0 radical (unpaired) electrons. The molecule has 0 unspecified atom stereocenters. The Morgan fingerprint density at radius 2 is 2.15 bits per heavy atom. The van der Waals surface area contributed by atoms with E-state index >= 15 is 0 Å². The summed E-state index contributed by atoms with van der Waals surface area (Å²) in [6, 6.07) is 1.82. The molecule has 5 heteroatoms. The van der Waals surface area contributed by atoms with E-state index in [0.29, 0.717) is 11.3 Å². The van der Waals surface area contributed by atoms with Crippen LogP contribution in [-0.2, 0) is 0 Å². The lowest BCUT2D eigenvalue weighted by Crippen LogP contribution is -2.39. The number of carbonyl (C=O) groups is 1. The quantitative estimate of drug-likeness (QED) is 0.830. The lowest BCUT2D eigenvalue weighted by atomic mass is 10.1. The maximum atomic E-state index is 12.3. The lowest BCUT2D eigenvalue weighted by molar-refractivity contribution is 0.0370. The zero-order valence-corrected chi connectivity index (χ0v) is 13.2. The molecular weight excluding hydrogens is 274 g/mol. The highest BCUT2D eigenvalue weighted by Crippen LogP contribution is 2.22. The number of aryl methyl sites for hydroxylation is 1. The fraction of sp³-hybridized carbons (Fsp3) is 0.533. The van der Waals surface area contributed by atoms with Crippen molar-refractivity contribution in [3.63, 3.8) is 0 Å². The van der Waals surface area contributed by atoms with E-state index in [0.717, 1.165) is 10.4 Å². The molecule has 0 bridgehead atoms. The molecule has 1 amide bonds. The molecule has 0 aliphatic carbocycles. The average molecular weight is 295 g/mol. The third-order valence-corrected chi connectivity index (χ3v) is 3.68. The topological polar surface area (TPSA) is 60.8 Å². The first kappa shape index (κ1) is 16.7. The molecule has 0 fully saturated rings. The summed E-state index contributed by atoms with van der Waals surface area (Å²) in [7, 11) is 1.67. The van der Waals surface area contributed by atoms with Gasteiger partial charge >= 0.3 is 0 Å². The molecule has 0 aliphatic rings. The number of nitrogens with zero attached hydrogens (tertiary/aromatic N) is 1. The Bertz CT molecular complexity index is 532. The van der Waals surface area contributed by atoms with Gasteiger partial charge in [0, 0.05) is 20.0 Å². The number of amides is 1. The van der Waals surface area contributed by atoms with Gasteiger partial charge in [0.05, 0.1) is 22.0 Å². The fourth-order valence-electron chi connectivity index (χ4n) is 1.75. The van der Waals surface area contributed by atoms with Crippen LogP contribution in [0.2, 0.25) is 0 Å². The minimum Gasteiger partial charge on any atom is -0.395 e. The van der Waals surface area contributed by atoms with Crippen LogP contribution in [0.4, 0.5) is 0 Å². The van der Waals surface area contributed by atoms with Crippen LogP contribution in [0.25, 0.3) is 0 Å². The van der Waals surface area contributed by atoms with Crippen molar-refractivity contribution in [2.45, 2.75) is 32.8 Å². The molecule has 1 heterocycles. The third-order valence-electron chi connectivity index (χ3n) is 2.54. The van der Waals surface area contributed by atoms with Crippen LogP contribution in [0, 0.1) is 18.8 Å². The highest BCUT2D eigenvalue weighted by atomic mass is 32.1. The maximum Gasteiger partial charge on any atom is 0.263 e. The summed E-state index contributed by atoms with van der Waals surface area (Å²) in [5, 5.41) is 18.5. The Kier molecular flexibility index (Phi) is 5.75. The first-order valence-electron chi connectivity index (χ1n) is 6.42. The largest absolute Gasteiger partial charge is 0.395 e. The van der Waals surface area contributed by atoms with E-state index in [1.165, 1.54) is 16.2 Å². The van der Waals surface area contributed by atoms with E-state index < -0.39 is 5.60 Å². The van der Waals surface area contributed by atoms with Crippen LogP contribution in [0.15, 0.2) is 6.07 Å². The number of carbonyl (C=O) groups excluding carboxylic acids is 1. The van der Waals surface area contributed by atoms with E-state index in [2.05, 4.69) is 11.8 Å². The zero-order valence-electron chi connectivity index (χ0n) is 12.4. The van der Waals surface area contributed by atoms with Gasteiger partial charge < -0.3 is 15.1 Å². The van der Waals surface area contributed by atoms with Crippen LogP contribution in [-0.4, -0.2) is 46.8 Å². The molecule has 4 nitrogen and oxygen atoms in total. The zero-order chi connectivity index (χ0) is 15.3. The lowest BCUT2D eigenvalue weighted by Gasteiger charge is -2.25. The van der Waals surface area contributed by atoms with Gasteiger partial charge in [-0.1, -0.05) is 11.8 Å². The molecule has 2 N–H and O–H groups in total. The van der Waals surface area contributed by atoms with E-state index in [1.54, 1.807) is 20.9 Å². The molecule has 20 heavy (non-hydrogen) atoms. The summed E-state index contributed by atoms with van der Waals surface area (Å²) >= 11 is 1.34. The summed E-state index contributed by atoms with van der Waals surface area (Å²) in [6.07, 6.45) is 0.430. The molecule has 0 atom stereocenters. The van der Waals surface area contributed by atoms with Crippen LogP contribution in [0.3, 0.4) is 0 Å². The number of rotatable bonds is 4. The Morgan fingerprint density at radius 3 is 2.70 bits per heavy atom. The second-order valence-electron chi connectivity index (χ2n) is 5.37. The van der Waals surface area contributed by atoms with Gasteiger partial charge in [-0.15, -0.1) is 11.3 Å². The summed E-state index contributed by atoms with van der Waals surface area (Å²) in [5.74, 6) is 5.71. The normalized spacial score (nSPS) is 10.9. The predicted molar refractivity (Wildman–Crippen MR) is 80.9 cm³/mol. The van der Waals surface area contributed by atoms with Crippen molar-refractivity contribution in [1.29, 1.82) is 0 Å². The summed E-state index contributed by atoms with van der Waals surface area (Å²) in [5.41, 5.74) is 0.0426. The minimum atomic E-state index is -0.916. The Balaban J connectivity index is 2.85. The van der Waals surface area contributed by atoms with Crippen molar-refractivity contribution in [1.82, 2.24) is 4.90 Å². The van der Waals surface area contributed by atoms with E-state index in [-0.39, 0.29) is 19.1 Å². The Morgan fingerprint density at radius 1 is 1.50 bits per heavy atom. The predicted octanol–water partition coefficient (Wildman–Crippen LogP) is 1.63. The number of aliphatic hydroxyl groups is 2. The van der Waals surface area contributed by atoms with Gasteiger partial charge in [-0.05, 0) is 32.4 Å². The molecule has 1 aromatic heterocycles. The number of aliphatic hydroxyl groups excluding tert-OH is 1. The van der Waals surface area contributed by atoms with Crippen LogP contribution >= 0.6 is 11.3 Å². The Hall–Kier alpha value is -1.35. The van der Waals surface area contributed by atoms with Gasteiger partial charge in [-0.25, -0.2) is 0 Å². The van der Waals surface area contributed by atoms with Gasteiger partial charge in [0.25, 0.3) is 5.91 Å². The van der Waals surface area contributed by atoms with Crippen LogP contribution in [0.5, 0.6) is 0 Å². The number of thiophene rings is 1. The number of hydrogen-bond donors (Lipinski definition) is 2. The molecule has 0 saturated carbocycles. The first-order valence-corrected chi connectivity index (χ1v) is 7.24. The second-order valence-corrected chi connectivity index (χ2v) is 6.42. The number of likely N-dealkylation sites (N-methyl/N-ethyl adjacent to an activating group) is 1. The van der Waals surface area contributed by atoms with Gasteiger partial charge in [0.15, 0.2) is 0 Å². The van der Waals surface area contributed by atoms with E-state index in [9.17, 15) is 9.90 Å².